The molecule has 1 saturated carbocycles. The molecule has 0 aromatic rings. The van der Waals surface area contributed by atoms with E-state index in [1.165, 1.54) is 19.3 Å². The van der Waals surface area contributed by atoms with Crippen molar-refractivity contribution in [1.29, 1.82) is 0 Å². The minimum absolute atomic E-state index is 0.186. The molecule has 0 radical (unpaired) electrons. The van der Waals surface area contributed by atoms with Crippen LogP contribution in [0.4, 0.5) is 0 Å². The number of carbonyl (C=O) groups is 1. The molecule has 0 aromatic carbocycles. The first-order valence-electron chi connectivity index (χ1n) is 5.36. The SMILES string of the molecule is CC(C)(C)C(=O)N[C@@H]1CCCC[C@@H]1I. The van der Waals surface area contributed by atoms with Gasteiger partial charge in [0, 0.05) is 15.4 Å². The van der Waals surface area contributed by atoms with Gasteiger partial charge in [-0.3, -0.25) is 4.79 Å². The summed E-state index contributed by atoms with van der Waals surface area (Å²) >= 11 is 2.47. The highest BCUT2D eigenvalue weighted by atomic mass is 127. The molecule has 2 atom stereocenters. The summed E-state index contributed by atoms with van der Waals surface area (Å²) in [5.41, 5.74) is -0.256. The summed E-state index contributed by atoms with van der Waals surface area (Å²) in [5, 5.41) is 3.16. The molecule has 1 amide bonds. The number of hydrogen-bond donors (Lipinski definition) is 1. The van der Waals surface area contributed by atoms with E-state index in [1.54, 1.807) is 0 Å². The van der Waals surface area contributed by atoms with Crippen LogP contribution in [0.2, 0.25) is 0 Å². The van der Waals surface area contributed by atoms with Crippen LogP contribution < -0.4 is 5.32 Å². The Balaban J connectivity index is 2.46. The van der Waals surface area contributed by atoms with Crippen molar-refractivity contribution in [3.8, 4) is 0 Å². The van der Waals surface area contributed by atoms with Gasteiger partial charge in [-0.1, -0.05) is 56.2 Å². The zero-order valence-electron chi connectivity index (χ0n) is 9.27. The van der Waals surface area contributed by atoms with Crippen LogP contribution >= 0.6 is 22.6 Å². The molecule has 1 aliphatic carbocycles. The van der Waals surface area contributed by atoms with Gasteiger partial charge >= 0.3 is 0 Å². The summed E-state index contributed by atoms with van der Waals surface area (Å²) in [5.74, 6) is 0.186. The van der Waals surface area contributed by atoms with E-state index in [0.29, 0.717) is 9.97 Å². The Morgan fingerprint density at radius 1 is 1.29 bits per heavy atom. The van der Waals surface area contributed by atoms with Gasteiger partial charge in [0.25, 0.3) is 0 Å². The van der Waals surface area contributed by atoms with Crippen molar-refractivity contribution in [1.82, 2.24) is 5.32 Å². The second kappa shape index (κ2) is 4.81. The van der Waals surface area contributed by atoms with E-state index >= 15 is 0 Å². The largest absolute Gasteiger partial charge is 0.352 e. The summed E-state index contributed by atoms with van der Waals surface area (Å²) in [6.45, 7) is 5.90. The number of rotatable bonds is 1. The van der Waals surface area contributed by atoms with Gasteiger partial charge in [0.15, 0.2) is 0 Å². The van der Waals surface area contributed by atoms with E-state index in [9.17, 15) is 4.79 Å². The first-order chi connectivity index (χ1) is 6.41. The van der Waals surface area contributed by atoms with Crippen LogP contribution in [0.1, 0.15) is 46.5 Å². The molecule has 2 nitrogen and oxygen atoms in total. The maximum atomic E-state index is 11.8. The van der Waals surface area contributed by atoms with Crippen LogP contribution in [0.5, 0.6) is 0 Å². The van der Waals surface area contributed by atoms with Crippen LogP contribution in [-0.4, -0.2) is 15.9 Å². The average Bonchev–Trinajstić information content (AvgIpc) is 2.07. The number of carbonyl (C=O) groups excluding carboxylic acids is 1. The lowest BCUT2D eigenvalue weighted by molar-refractivity contribution is -0.129. The Hall–Kier alpha value is 0.200. The van der Waals surface area contributed by atoms with Crippen LogP contribution in [0, 0.1) is 5.41 Å². The van der Waals surface area contributed by atoms with Crippen LogP contribution in [0.15, 0.2) is 0 Å². The molecule has 0 spiro atoms. The maximum Gasteiger partial charge on any atom is 0.225 e. The van der Waals surface area contributed by atoms with E-state index in [-0.39, 0.29) is 11.3 Å². The van der Waals surface area contributed by atoms with Crippen molar-refractivity contribution >= 4 is 28.5 Å². The third-order valence-corrected chi connectivity index (χ3v) is 4.17. The predicted molar refractivity (Wildman–Crippen MR) is 67.7 cm³/mol. The summed E-state index contributed by atoms with van der Waals surface area (Å²) < 4.78 is 0.618. The molecule has 0 saturated heterocycles. The fraction of sp³-hybridized carbons (Fsp3) is 0.909. The van der Waals surface area contributed by atoms with E-state index < -0.39 is 0 Å². The lowest BCUT2D eigenvalue weighted by Gasteiger charge is -2.30. The molecule has 1 aliphatic rings. The Bertz CT molecular complexity index is 210. The van der Waals surface area contributed by atoms with Crippen molar-refractivity contribution in [2.75, 3.05) is 0 Å². The Morgan fingerprint density at radius 2 is 1.86 bits per heavy atom. The van der Waals surface area contributed by atoms with Crippen LogP contribution in [-0.2, 0) is 4.79 Å². The molecule has 0 unspecified atom stereocenters. The minimum atomic E-state index is -0.256. The van der Waals surface area contributed by atoms with Crippen molar-refractivity contribution in [2.24, 2.45) is 5.41 Å². The highest BCUT2D eigenvalue weighted by Gasteiger charge is 2.28. The fourth-order valence-corrected chi connectivity index (χ4v) is 2.61. The Kier molecular flexibility index (Phi) is 4.22. The summed E-state index contributed by atoms with van der Waals surface area (Å²) in [4.78, 5) is 11.8. The van der Waals surface area contributed by atoms with Gasteiger partial charge in [-0.2, -0.15) is 0 Å². The number of amides is 1. The standard InChI is InChI=1S/C11H20INO/c1-11(2,3)10(14)13-9-7-5-4-6-8(9)12/h8-9H,4-7H2,1-3H3,(H,13,14)/t8-,9+/m0/s1. The lowest BCUT2D eigenvalue weighted by Crippen LogP contribution is -2.46. The second-order valence-electron chi connectivity index (χ2n) is 5.13. The van der Waals surface area contributed by atoms with Crippen LogP contribution in [0.3, 0.4) is 0 Å². The molecule has 3 heteroatoms. The first-order valence-corrected chi connectivity index (χ1v) is 6.61. The Morgan fingerprint density at radius 3 is 2.36 bits per heavy atom. The van der Waals surface area contributed by atoms with Crippen molar-refractivity contribution in [2.45, 2.75) is 56.4 Å². The van der Waals surface area contributed by atoms with E-state index in [4.69, 9.17) is 0 Å². The van der Waals surface area contributed by atoms with Gasteiger partial charge in [0.2, 0.25) is 5.91 Å². The summed E-state index contributed by atoms with van der Waals surface area (Å²) in [6, 6.07) is 0.399. The zero-order valence-corrected chi connectivity index (χ0v) is 11.4. The van der Waals surface area contributed by atoms with Crippen molar-refractivity contribution in [3.63, 3.8) is 0 Å². The van der Waals surface area contributed by atoms with Crippen LogP contribution in [0.25, 0.3) is 0 Å². The second-order valence-corrected chi connectivity index (χ2v) is 6.73. The minimum Gasteiger partial charge on any atom is -0.352 e. The molecule has 0 bridgehead atoms. The van der Waals surface area contributed by atoms with E-state index in [0.717, 1.165) is 6.42 Å². The molecular formula is C11H20INO. The average molecular weight is 309 g/mol. The smallest absolute Gasteiger partial charge is 0.225 e. The van der Waals surface area contributed by atoms with Gasteiger partial charge in [-0.05, 0) is 12.8 Å². The van der Waals surface area contributed by atoms with E-state index in [1.807, 2.05) is 20.8 Å². The molecule has 0 aromatic heterocycles. The normalized spacial score (nSPS) is 28.6. The summed E-state index contributed by atoms with van der Waals surface area (Å²) in [6.07, 6.45) is 4.97. The van der Waals surface area contributed by atoms with Gasteiger partial charge < -0.3 is 5.32 Å². The highest BCUT2D eigenvalue weighted by molar-refractivity contribution is 14.1. The topological polar surface area (TPSA) is 29.1 Å². The number of nitrogens with one attached hydrogen (secondary N) is 1. The maximum absolute atomic E-state index is 11.8. The number of alkyl halides is 1. The van der Waals surface area contributed by atoms with Crippen molar-refractivity contribution in [3.05, 3.63) is 0 Å². The summed E-state index contributed by atoms with van der Waals surface area (Å²) in [7, 11) is 0. The zero-order chi connectivity index (χ0) is 10.8. The predicted octanol–water partition coefficient (Wildman–Crippen LogP) is 2.89. The first kappa shape index (κ1) is 12.3. The Labute approximate surface area is 100 Å². The number of hydrogen-bond acceptors (Lipinski definition) is 1. The van der Waals surface area contributed by atoms with Crippen molar-refractivity contribution < 1.29 is 4.79 Å². The molecule has 0 aliphatic heterocycles. The lowest BCUT2D eigenvalue weighted by atomic mass is 9.91. The monoisotopic (exact) mass is 309 g/mol. The van der Waals surface area contributed by atoms with Gasteiger partial charge in [0.1, 0.15) is 0 Å². The van der Waals surface area contributed by atoms with Gasteiger partial charge in [-0.25, -0.2) is 0 Å². The molecule has 1 fully saturated rings. The molecule has 14 heavy (non-hydrogen) atoms. The molecular weight excluding hydrogens is 289 g/mol. The molecule has 0 heterocycles. The third-order valence-electron chi connectivity index (χ3n) is 2.68. The highest BCUT2D eigenvalue weighted by Crippen LogP contribution is 2.26. The molecule has 1 N–H and O–H groups in total. The fourth-order valence-electron chi connectivity index (χ4n) is 1.63. The molecule has 1 rings (SSSR count). The van der Waals surface area contributed by atoms with Gasteiger partial charge in [-0.15, -0.1) is 0 Å². The third kappa shape index (κ3) is 3.41. The molecule has 82 valence electrons. The van der Waals surface area contributed by atoms with E-state index in [2.05, 4.69) is 27.9 Å². The quantitative estimate of drug-likeness (QED) is 0.586. The number of halogens is 1. The van der Waals surface area contributed by atoms with Gasteiger partial charge in [0.05, 0.1) is 0 Å².